The standard InChI is InChI=1S/C27H20FNO5/c1-15-10-12-17(13-11-15)29-23(18-7-3-4-8-19(18)28)22(25(31)27(29)32)24(30)21-14-16-6-5-9-20(33-2)26(16)34-21/h3-14,23,31H,1-2H3. The Hall–Kier alpha value is -4.39. The number of amides is 1. The molecule has 5 rings (SSSR count). The van der Waals surface area contributed by atoms with E-state index in [0.29, 0.717) is 22.4 Å². The number of ether oxygens (including phenoxy) is 1. The molecule has 4 aromatic rings. The number of aliphatic hydroxyl groups is 1. The number of halogens is 1. The fourth-order valence-electron chi connectivity index (χ4n) is 4.24. The van der Waals surface area contributed by atoms with Gasteiger partial charge < -0.3 is 14.3 Å². The number of carbonyl (C=O) groups is 2. The van der Waals surface area contributed by atoms with Crippen molar-refractivity contribution < 1.29 is 28.2 Å². The number of hydrogen-bond donors (Lipinski definition) is 1. The Labute approximate surface area is 194 Å². The van der Waals surface area contributed by atoms with Crippen molar-refractivity contribution in [2.24, 2.45) is 0 Å². The number of furan rings is 1. The third-order valence-electron chi connectivity index (χ3n) is 5.92. The molecule has 0 radical (unpaired) electrons. The van der Waals surface area contributed by atoms with E-state index in [0.717, 1.165) is 5.56 Å². The van der Waals surface area contributed by atoms with Gasteiger partial charge in [-0.1, -0.05) is 48.0 Å². The van der Waals surface area contributed by atoms with Crippen LogP contribution in [0.3, 0.4) is 0 Å². The van der Waals surface area contributed by atoms with Crippen LogP contribution >= 0.6 is 0 Å². The van der Waals surface area contributed by atoms with Gasteiger partial charge in [0.15, 0.2) is 22.9 Å². The van der Waals surface area contributed by atoms with Gasteiger partial charge in [0.1, 0.15) is 5.82 Å². The first kappa shape index (κ1) is 21.5. The number of rotatable bonds is 5. The third kappa shape index (κ3) is 3.33. The lowest BCUT2D eigenvalue weighted by molar-refractivity contribution is -0.117. The van der Waals surface area contributed by atoms with Crippen LogP contribution in [0.25, 0.3) is 11.0 Å². The van der Waals surface area contributed by atoms with Crippen molar-refractivity contribution >= 4 is 28.3 Å². The topological polar surface area (TPSA) is 80.0 Å². The Balaban J connectivity index is 1.68. The second-order valence-corrected chi connectivity index (χ2v) is 8.02. The van der Waals surface area contributed by atoms with Gasteiger partial charge in [-0.2, -0.15) is 0 Å². The first-order valence-corrected chi connectivity index (χ1v) is 10.6. The van der Waals surface area contributed by atoms with E-state index in [1.54, 1.807) is 48.5 Å². The molecule has 1 aliphatic heterocycles. The normalized spacial score (nSPS) is 15.9. The molecule has 6 nitrogen and oxygen atoms in total. The Morgan fingerprint density at radius 2 is 1.79 bits per heavy atom. The zero-order chi connectivity index (χ0) is 24.0. The van der Waals surface area contributed by atoms with Gasteiger partial charge in [-0.05, 0) is 37.3 Å². The molecule has 2 heterocycles. The van der Waals surface area contributed by atoms with Crippen molar-refractivity contribution in [1.82, 2.24) is 0 Å². The maximum atomic E-state index is 15.0. The lowest BCUT2D eigenvalue weighted by atomic mass is 9.94. The highest BCUT2D eigenvalue weighted by atomic mass is 19.1. The number of carbonyl (C=O) groups excluding carboxylic acids is 2. The molecular weight excluding hydrogens is 437 g/mol. The van der Waals surface area contributed by atoms with E-state index in [4.69, 9.17) is 9.15 Å². The lowest BCUT2D eigenvalue weighted by Gasteiger charge is -2.27. The Morgan fingerprint density at radius 1 is 1.06 bits per heavy atom. The summed E-state index contributed by atoms with van der Waals surface area (Å²) in [5.41, 5.74) is 1.56. The van der Waals surface area contributed by atoms with Crippen LogP contribution < -0.4 is 9.64 Å². The van der Waals surface area contributed by atoms with Gasteiger partial charge in [-0.15, -0.1) is 0 Å². The minimum absolute atomic E-state index is 0.0810. The van der Waals surface area contributed by atoms with Gasteiger partial charge in [-0.3, -0.25) is 14.5 Å². The van der Waals surface area contributed by atoms with Crippen LogP contribution in [0, 0.1) is 12.7 Å². The maximum absolute atomic E-state index is 15.0. The van der Waals surface area contributed by atoms with Gasteiger partial charge in [0.05, 0.1) is 18.7 Å². The summed E-state index contributed by atoms with van der Waals surface area (Å²) < 4.78 is 26.0. The number of benzene rings is 3. The van der Waals surface area contributed by atoms with Crippen LogP contribution in [0.5, 0.6) is 5.75 Å². The van der Waals surface area contributed by atoms with E-state index in [-0.39, 0.29) is 16.9 Å². The summed E-state index contributed by atoms with van der Waals surface area (Å²) >= 11 is 0. The summed E-state index contributed by atoms with van der Waals surface area (Å²) in [6.45, 7) is 1.89. The molecule has 1 aliphatic rings. The van der Waals surface area contributed by atoms with E-state index in [2.05, 4.69) is 0 Å². The molecule has 0 saturated carbocycles. The quantitative estimate of drug-likeness (QED) is 0.391. The number of para-hydroxylation sites is 1. The molecule has 34 heavy (non-hydrogen) atoms. The fraction of sp³-hybridized carbons (Fsp3) is 0.111. The van der Waals surface area contributed by atoms with Crippen molar-refractivity contribution in [3.8, 4) is 5.75 Å². The van der Waals surface area contributed by atoms with E-state index < -0.39 is 29.3 Å². The highest BCUT2D eigenvalue weighted by Gasteiger charge is 2.46. The molecule has 0 fully saturated rings. The predicted octanol–water partition coefficient (Wildman–Crippen LogP) is 5.67. The number of aryl methyl sites for hydroxylation is 1. The Morgan fingerprint density at radius 3 is 2.50 bits per heavy atom. The summed E-state index contributed by atoms with van der Waals surface area (Å²) in [5, 5.41) is 11.5. The summed E-state index contributed by atoms with van der Waals surface area (Å²) in [5.74, 6) is -2.53. The molecule has 1 aromatic heterocycles. The van der Waals surface area contributed by atoms with Gasteiger partial charge in [0.2, 0.25) is 5.78 Å². The zero-order valence-corrected chi connectivity index (χ0v) is 18.4. The first-order chi connectivity index (χ1) is 16.4. The van der Waals surface area contributed by atoms with Gasteiger partial charge in [0.25, 0.3) is 5.91 Å². The number of methoxy groups -OCH3 is 1. The summed E-state index contributed by atoms with van der Waals surface area (Å²) in [6.07, 6.45) is 0. The number of nitrogens with zero attached hydrogens (tertiary/aromatic N) is 1. The molecule has 1 N–H and O–H groups in total. The molecule has 0 bridgehead atoms. The van der Waals surface area contributed by atoms with Crippen LogP contribution in [-0.2, 0) is 4.79 Å². The van der Waals surface area contributed by atoms with E-state index >= 15 is 0 Å². The van der Waals surface area contributed by atoms with Crippen LogP contribution in [0.2, 0.25) is 0 Å². The molecule has 1 amide bonds. The monoisotopic (exact) mass is 457 g/mol. The average Bonchev–Trinajstić information content (AvgIpc) is 3.39. The molecule has 170 valence electrons. The molecule has 0 spiro atoms. The smallest absolute Gasteiger partial charge is 0.294 e. The summed E-state index contributed by atoms with van der Waals surface area (Å²) in [7, 11) is 1.48. The van der Waals surface area contributed by atoms with Crippen molar-refractivity contribution in [1.29, 1.82) is 0 Å². The second-order valence-electron chi connectivity index (χ2n) is 8.02. The Bertz CT molecular complexity index is 1470. The molecule has 3 aromatic carbocycles. The van der Waals surface area contributed by atoms with Crippen LogP contribution in [0.1, 0.15) is 27.7 Å². The fourth-order valence-corrected chi connectivity index (χ4v) is 4.24. The average molecular weight is 457 g/mol. The number of hydrogen-bond acceptors (Lipinski definition) is 5. The zero-order valence-electron chi connectivity index (χ0n) is 18.4. The van der Waals surface area contributed by atoms with E-state index in [1.807, 2.05) is 6.92 Å². The molecular formula is C27H20FNO5. The van der Waals surface area contributed by atoms with Gasteiger partial charge in [0, 0.05) is 16.6 Å². The molecule has 1 unspecified atom stereocenters. The van der Waals surface area contributed by atoms with Crippen LogP contribution in [-0.4, -0.2) is 23.9 Å². The van der Waals surface area contributed by atoms with Crippen molar-refractivity contribution in [2.45, 2.75) is 13.0 Å². The number of ketones is 1. The summed E-state index contributed by atoms with van der Waals surface area (Å²) in [4.78, 5) is 28.1. The van der Waals surface area contributed by atoms with Crippen LogP contribution in [0.15, 0.2) is 88.5 Å². The molecule has 1 atom stereocenters. The highest BCUT2D eigenvalue weighted by molar-refractivity contribution is 6.20. The van der Waals surface area contributed by atoms with Crippen molar-refractivity contribution in [3.63, 3.8) is 0 Å². The molecule has 7 heteroatoms. The van der Waals surface area contributed by atoms with Gasteiger partial charge >= 0.3 is 0 Å². The van der Waals surface area contributed by atoms with E-state index in [1.165, 1.54) is 36.3 Å². The first-order valence-electron chi connectivity index (χ1n) is 10.6. The predicted molar refractivity (Wildman–Crippen MR) is 125 cm³/mol. The lowest BCUT2D eigenvalue weighted by Crippen LogP contribution is -2.31. The second kappa shape index (κ2) is 8.19. The SMILES string of the molecule is COc1cccc2cc(C(=O)C3=C(O)C(=O)N(c4ccc(C)cc4)C3c3ccccc3F)oc12. The maximum Gasteiger partial charge on any atom is 0.294 e. The third-order valence-corrected chi connectivity index (χ3v) is 5.92. The highest BCUT2D eigenvalue weighted by Crippen LogP contribution is 2.43. The number of anilines is 1. The minimum Gasteiger partial charge on any atom is -0.503 e. The molecule has 0 saturated heterocycles. The van der Waals surface area contributed by atoms with Gasteiger partial charge in [-0.25, -0.2) is 4.39 Å². The minimum atomic E-state index is -1.18. The van der Waals surface area contributed by atoms with Crippen molar-refractivity contribution in [3.05, 3.63) is 107 Å². The summed E-state index contributed by atoms with van der Waals surface area (Å²) in [6, 6.07) is 18.4. The van der Waals surface area contributed by atoms with E-state index in [9.17, 15) is 19.1 Å². The van der Waals surface area contributed by atoms with Crippen molar-refractivity contribution in [2.75, 3.05) is 12.0 Å². The molecule has 0 aliphatic carbocycles. The Kier molecular flexibility index (Phi) is 5.17. The van der Waals surface area contributed by atoms with Crippen LogP contribution in [0.4, 0.5) is 10.1 Å². The largest absolute Gasteiger partial charge is 0.503 e. The number of fused-ring (bicyclic) bond motifs is 1. The number of aliphatic hydroxyl groups excluding tert-OH is 1. The number of Topliss-reactive ketones (excluding diaryl/α,β-unsaturated/α-hetero) is 1.